The molecule has 1 saturated heterocycles. The molecule has 0 aromatic heterocycles. The van der Waals surface area contributed by atoms with Gasteiger partial charge in [0.15, 0.2) is 6.61 Å². The summed E-state index contributed by atoms with van der Waals surface area (Å²) in [6.07, 6.45) is -4.45. The lowest BCUT2D eigenvalue weighted by molar-refractivity contribution is -0.137. The van der Waals surface area contributed by atoms with Gasteiger partial charge in [-0.1, -0.05) is 30.3 Å². The smallest absolute Gasteiger partial charge is 0.416 e. The number of nitrogens with zero attached hydrogens (tertiary/aromatic N) is 1. The maximum absolute atomic E-state index is 12.7. The van der Waals surface area contributed by atoms with Crippen LogP contribution in [0.15, 0.2) is 48.5 Å². The van der Waals surface area contributed by atoms with Crippen LogP contribution in [0, 0.1) is 0 Å². The molecule has 156 valence electrons. The molecule has 1 heterocycles. The molecule has 1 N–H and O–H groups in total. The van der Waals surface area contributed by atoms with Crippen LogP contribution in [-0.4, -0.2) is 43.7 Å². The number of rotatable bonds is 7. The molecule has 0 radical (unpaired) electrons. The average Bonchev–Trinajstić information content (AvgIpc) is 2.72. The summed E-state index contributed by atoms with van der Waals surface area (Å²) in [4.78, 5) is 14.4. The van der Waals surface area contributed by atoms with E-state index in [0.717, 1.165) is 42.9 Å². The van der Waals surface area contributed by atoms with E-state index in [1.54, 1.807) is 0 Å². The normalized spacial score (nSPS) is 15.1. The Kier molecular flexibility index (Phi) is 7.11. The number of halogens is 3. The molecular weight excluding hydrogens is 385 g/mol. The Bertz CT molecular complexity index is 821. The molecule has 0 bridgehead atoms. The third-order valence-electron chi connectivity index (χ3n) is 4.62. The van der Waals surface area contributed by atoms with E-state index < -0.39 is 17.6 Å². The number of carbonyl (C=O) groups excluding carboxylic acids is 1. The molecule has 2 aromatic rings. The average molecular weight is 408 g/mol. The highest BCUT2D eigenvalue weighted by atomic mass is 19.4. The molecule has 2 aromatic carbocycles. The number of alkyl halides is 3. The fourth-order valence-corrected chi connectivity index (χ4v) is 3.04. The molecule has 1 fully saturated rings. The zero-order chi connectivity index (χ0) is 20.7. The predicted molar refractivity (Wildman–Crippen MR) is 101 cm³/mol. The van der Waals surface area contributed by atoms with Gasteiger partial charge < -0.3 is 14.8 Å². The number of ether oxygens (including phenoxy) is 2. The molecule has 3 rings (SSSR count). The SMILES string of the molecule is O=C(COc1cccc(C(F)(F)F)c1)NCc1ccccc1CN1CCOCC1. The van der Waals surface area contributed by atoms with Gasteiger partial charge in [0, 0.05) is 26.2 Å². The van der Waals surface area contributed by atoms with Crippen molar-refractivity contribution in [2.75, 3.05) is 32.9 Å². The fourth-order valence-electron chi connectivity index (χ4n) is 3.04. The van der Waals surface area contributed by atoms with Crippen LogP contribution in [0.4, 0.5) is 13.2 Å². The Morgan fingerprint density at radius 3 is 2.52 bits per heavy atom. The lowest BCUT2D eigenvalue weighted by atomic mass is 10.1. The molecule has 1 amide bonds. The summed E-state index contributed by atoms with van der Waals surface area (Å²) in [6.45, 7) is 3.91. The molecule has 1 aliphatic heterocycles. The third-order valence-corrected chi connectivity index (χ3v) is 4.62. The van der Waals surface area contributed by atoms with Crippen LogP contribution >= 0.6 is 0 Å². The van der Waals surface area contributed by atoms with Crippen LogP contribution in [0.2, 0.25) is 0 Å². The van der Waals surface area contributed by atoms with E-state index >= 15 is 0 Å². The van der Waals surface area contributed by atoms with Crippen molar-refractivity contribution in [3.63, 3.8) is 0 Å². The first-order valence-corrected chi connectivity index (χ1v) is 9.35. The summed E-state index contributed by atoms with van der Waals surface area (Å²) in [5, 5.41) is 2.76. The number of benzene rings is 2. The topological polar surface area (TPSA) is 50.8 Å². The standard InChI is InChI=1S/C21H23F3N2O3/c22-21(23,24)18-6-3-7-19(12-18)29-15-20(27)25-13-16-4-1-2-5-17(16)14-26-8-10-28-11-9-26/h1-7,12H,8-11,13-15H2,(H,25,27). The minimum atomic E-state index is -4.45. The van der Waals surface area contributed by atoms with Gasteiger partial charge in [-0.05, 0) is 29.3 Å². The first kappa shape index (κ1) is 21.1. The minimum absolute atomic E-state index is 0.00249. The highest BCUT2D eigenvalue weighted by Crippen LogP contribution is 2.31. The van der Waals surface area contributed by atoms with Crippen molar-refractivity contribution in [1.82, 2.24) is 10.2 Å². The molecule has 0 spiro atoms. The largest absolute Gasteiger partial charge is 0.484 e. The van der Waals surface area contributed by atoms with Gasteiger partial charge in [0.25, 0.3) is 5.91 Å². The lowest BCUT2D eigenvalue weighted by Crippen LogP contribution is -2.36. The van der Waals surface area contributed by atoms with Crippen LogP contribution in [-0.2, 0) is 28.8 Å². The molecule has 29 heavy (non-hydrogen) atoms. The van der Waals surface area contributed by atoms with Crippen molar-refractivity contribution in [2.45, 2.75) is 19.3 Å². The monoisotopic (exact) mass is 408 g/mol. The molecule has 0 saturated carbocycles. The molecule has 0 atom stereocenters. The van der Waals surface area contributed by atoms with Crippen molar-refractivity contribution in [2.24, 2.45) is 0 Å². The van der Waals surface area contributed by atoms with Gasteiger partial charge in [-0.15, -0.1) is 0 Å². The number of carbonyl (C=O) groups is 1. The Morgan fingerprint density at radius 1 is 1.07 bits per heavy atom. The van der Waals surface area contributed by atoms with E-state index in [2.05, 4.69) is 10.2 Å². The molecule has 0 aliphatic carbocycles. The summed E-state index contributed by atoms with van der Waals surface area (Å²) in [5.41, 5.74) is 1.30. The summed E-state index contributed by atoms with van der Waals surface area (Å²) in [7, 11) is 0. The quantitative estimate of drug-likeness (QED) is 0.764. The molecule has 0 unspecified atom stereocenters. The van der Waals surface area contributed by atoms with E-state index in [1.807, 2.05) is 24.3 Å². The van der Waals surface area contributed by atoms with Crippen LogP contribution in [0.1, 0.15) is 16.7 Å². The third kappa shape index (κ3) is 6.47. The highest BCUT2D eigenvalue weighted by molar-refractivity contribution is 5.77. The predicted octanol–water partition coefficient (Wildman–Crippen LogP) is 3.23. The van der Waals surface area contributed by atoms with Crippen LogP contribution in [0.3, 0.4) is 0 Å². The van der Waals surface area contributed by atoms with E-state index in [-0.39, 0.29) is 12.4 Å². The minimum Gasteiger partial charge on any atom is -0.484 e. The van der Waals surface area contributed by atoms with Gasteiger partial charge in [-0.2, -0.15) is 13.2 Å². The Hall–Kier alpha value is -2.58. The molecule has 8 heteroatoms. The van der Waals surface area contributed by atoms with Gasteiger partial charge in [-0.3, -0.25) is 9.69 Å². The number of hydrogen-bond donors (Lipinski definition) is 1. The first-order valence-electron chi connectivity index (χ1n) is 9.35. The second-order valence-corrected chi connectivity index (χ2v) is 6.75. The van der Waals surface area contributed by atoms with Gasteiger partial charge in [-0.25, -0.2) is 0 Å². The lowest BCUT2D eigenvalue weighted by Gasteiger charge is -2.27. The summed E-state index contributed by atoms with van der Waals surface area (Å²) in [5.74, 6) is -0.397. The number of hydrogen-bond acceptors (Lipinski definition) is 4. The Morgan fingerprint density at radius 2 is 1.79 bits per heavy atom. The van der Waals surface area contributed by atoms with Crippen LogP contribution < -0.4 is 10.1 Å². The Balaban J connectivity index is 1.51. The number of amides is 1. The Labute approximate surface area is 167 Å². The van der Waals surface area contributed by atoms with Crippen molar-refractivity contribution in [3.8, 4) is 5.75 Å². The highest BCUT2D eigenvalue weighted by Gasteiger charge is 2.30. The summed E-state index contributed by atoms with van der Waals surface area (Å²) in [6, 6.07) is 12.3. The van der Waals surface area contributed by atoms with Gasteiger partial charge in [0.2, 0.25) is 0 Å². The van der Waals surface area contributed by atoms with E-state index in [9.17, 15) is 18.0 Å². The summed E-state index contributed by atoms with van der Waals surface area (Å²) >= 11 is 0. The van der Waals surface area contributed by atoms with Crippen LogP contribution in [0.5, 0.6) is 5.75 Å². The molecular formula is C21H23F3N2O3. The second kappa shape index (κ2) is 9.76. The fraction of sp³-hybridized carbons (Fsp3) is 0.381. The maximum atomic E-state index is 12.7. The van der Waals surface area contributed by atoms with E-state index in [4.69, 9.17) is 9.47 Å². The second-order valence-electron chi connectivity index (χ2n) is 6.75. The zero-order valence-corrected chi connectivity index (χ0v) is 15.9. The summed E-state index contributed by atoms with van der Waals surface area (Å²) < 4.78 is 48.8. The van der Waals surface area contributed by atoms with Crippen molar-refractivity contribution in [3.05, 3.63) is 65.2 Å². The van der Waals surface area contributed by atoms with Gasteiger partial charge >= 0.3 is 6.18 Å². The number of morpholine rings is 1. The molecule has 1 aliphatic rings. The van der Waals surface area contributed by atoms with Crippen molar-refractivity contribution >= 4 is 5.91 Å². The number of nitrogens with one attached hydrogen (secondary N) is 1. The molecule has 5 nitrogen and oxygen atoms in total. The first-order chi connectivity index (χ1) is 13.9. The maximum Gasteiger partial charge on any atom is 0.416 e. The van der Waals surface area contributed by atoms with E-state index in [0.29, 0.717) is 19.8 Å². The van der Waals surface area contributed by atoms with Crippen molar-refractivity contribution in [1.29, 1.82) is 0 Å². The van der Waals surface area contributed by atoms with Gasteiger partial charge in [0.05, 0.1) is 18.8 Å². The van der Waals surface area contributed by atoms with Gasteiger partial charge in [0.1, 0.15) is 5.75 Å². The van der Waals surface area contributed by atoms with Crippen LogP contribution in [0.25, 0.3) is 0 Å². The zero-order valence-electron chi connectivity index (χ0n) is 15.9. The van der Waals surface area contributed by atoms with Crippen molar-refractivity contribution < 1.29 is 27.4 Å². The van der Waals surface area contributed by atoms with E-state index in [1.165, 1.54) is 12.1 Å².